The largest absolute Gasteiger partial charge is 0.392 e. The summed E-state index contributed by atoms with van der Waals surface area (Å²) in [6.45, 7) is 1.90. The molecule has 16 heavy (non-hydrogen) atoms. The van der Waals surface area contributed by atoms with Gasteiger partial charge in [0.1, 0.15) is 0 Å². The summed E-state index contributed by atoms with van der Waals surface area (Å²) in [5.41, 5.74) is 1.34. The quantitative estimate of drug-likeness (QED) is 0.810. The van der Waals surface area contributed by atoms with Gasteiger partial charge in [0, 0.05) is 5.41 Å². The van der Waals surface area contributed by atoms with Crippen LogP contribution in [-0.4, -0.2) is 11.2 Å². The summed E-state index contributed by atoms with van der Waals surface area (Å²) in [6, 6.07) is 14.9. The Hall–Kier alpha value is -1.34. The maximum atomic E-state index is 9.87. The van der Waals surface area contributed by atoms with Gasteiger partial charge in [-0.2, -0.15) is 0 Å². The van der Waals surface area contributed by atoms with Gasteiger partial charge < -0.3 is 5.11 Å². The number of aliphatic hydroxyl groups excluding tert-OH is 1. The summed E-state index contributed by atoms with van der Waals surface area (Å²) in [5.74, 6) is 0. The van der Waals surface area contributed by atoms with Crippen LogP contribution in [0.1, 0.15) is 25.3 Å². The smallest absolute Gasteiger partial charge is 0.0608 e. The van der Waals surface area contributed by atoms with Crippen molar-refractivity contribution < 1.29 is 5.11 Å². The van der Waals surface area contributed by atoms with Gasteiger partial charge in [-0.05, 0) is 36.1 Å². The molecule has 0 radical (unpaired) electrons. The zero-order chi connectivity index (χ0) is 11.2. The lowest BCUT2D eigenvalue weighted by molar-refractivity contribution is 0.151. The van der Waals surface area contributed by atoms with Gasteiger partial charge in [-0.1, -0.05) is 42.5 Å². The fraction of sp³-hybridized carbons (Fsp3) is 0.333. The van der Waals surface area contributed by atoms with Crippen molar-refractivity contribution >= 4 is 10.8 Å². The first-order valence-corrected chi connectivity index (χ1v) is 5.90. The molecule has 0 saturated heterocycles. The molecule has 1 N–H and O–H groups in total. The molecule has 1 nitrogen and oxygen atoms in total. The summed E-state index contributed by atoms with van der Waals surface area (Å²) in [5, 5.41) is 12.4. The average molecular weight is 212 g/mol. The third-order valence-electron chi connectivity index (χ3n) is 3.91. The molecule has 1 unspecified atom stereocenters. The first-order chi connectivity index (χ1) is 7.72. The van der Waals surface area contributed by atoms with Gasteiger partial charge in [0.2, 0.25) is 0 Å². The van der Waals surface area contributed by atoms with Crippen LogP contribution in [-0.2, 0) is 5.41 Å². The van der Waals surface area contributed by atoms with E-state index < -0.39 is 0 Å². The van der Waals surface area contributed by atoms with E-state index in [1.165, 1.54) is 16.3 Å². The lowest BCUT2D eigenvalue weighted by atomic mass is 9.89. The third-order valence-corrected chi connectivity index (χ3v) is 3.91. The number of hydrogen-bond donors (Lipinski definition) is 1. The number of hydrogen-bond acceptors (Lipinski definition) is 1. The number of fused-ring (bicyclic) bond motifs is 1. The predicted molar refractivity (Wildman–Crippen MR) is 66.5 cm³/mol. The Kier molecular flexibility index (Phi) is 2.05. The van der Waals surface area contributed by atoms with Gasteiger partial charge in [-0.3, -0.25) is 0 Å². The second-order valence-electron chi connectivity index (χ2n) is 4.89. The van der Waals surface area contributed by atoms with Crippen molar-refractivity contribution in [3.63, 3.8) is 0 Å². The fourth-order valence-corrected chi connectivity index (χ4v) is 2.58. The van der Waals surface area contributed by atoms with Crippen molar-refractivity contribution in [3.8, 4) is 0 Å². The first-order valence-electron chi connectivity index (χ1n) is 5.90. The van der Waals surface area contributed by atoms with Crippen LogP contribution >= 0.6 is 0 Å². The highest BCUT2D eigenvalue weighted by Crippen LogP contribution is 2.51. The number of rotatable bonds is 2. The number of aliphatic hydroxyl groups is 1. The molecule has 3 rings (SSSR count). The highest BCUT2D eigenvalue weighted by atomic mass is 16.3. The summed E-state index contributed by atoms with van der Waals surface area (Å²) in [4.78, 5) is 0. The van der Waals surface area contributed by atoms with Gasteiger partial charge in [-0.15, -0.1) is 0 Å². The van der Waals surface area contributed by atoms with Gasteiger partial charge >= 0.3 is 0 Å². The zero-order valence-electron chi connectivity index (χ0n) is 9.48. The Morgan fingerprint density at radius 3 is 2.38 bits per heavy atom. The Bertz CT molecular complexity index is 524. The van der Waals surface area contributed by atoms with Crippen LogP contribution in [0.5, 0.6) is 0 Å². The van der Waals surface area contributed by atoms with E-state index in [1.807, 2.05) is 6.92 Å². The summed E-state index contributed by atoms with van der Waals surface area (Å²) >= 11 is 0. The van der Waals surface area contributed by atoms with Crippen molar-refractivity contribution in [1.82, 2.24) is 0 Å². The zero-order valence-corrected chi connectivity index (χ0v) is 9.48. The molecule has 1 saturated carbocycles. The SMILES string of the molecule is CC(O)C1(c2ccc3ccccc3c2)CC1. The van der Waals surface area contributed by atoms with E-state index in [2.05, 4.69) is 42.5 Å². The van der Waals surface area contributed by atoms with Crippen LogP contribution in [0.4, 0.5) is 0 Å². The van der Waals surface area contributed by atoms with Crippen LogP contribution in [0.2, 0.25) is 0 Å². The van der Waals surface area contributed by atoms with Gasteiger partial charge in [0.05, 0.1) is 6.10 Å². The average Bonchev–Trinajstić information content (AvgIpc) is 3.09. The van der Waals surface area contributed by atoms with Gasteiger partial charge in [0.25, 0.3) is 0 Å². The maximum absolute atomic E-state index is 9.87. The van der Waals surface area contributed by atoms with E-state index in [0.29, 0.717) is 0 Å². The molecule has 2 aromatic carbocycles. The highest BCUT2D eigenvalue weighted by Gasteiger charge is 2.48. The topological polar surface area (TPSA) is 20.2 Å². The third kappa shape index (κ3) is 1.35. The summed E-state index contributed by atoms with van der Waals surface area (Å²) in [7, 11) is 0. The van der Waals surface area contributed by atoms with Crippen molar-refractivity contribution in [3.05, 3.63) is 48.0 Å². The van der Waals surface area contributed by atoms with E-state index >= 15 is 0 Å². The summed E-state index contributed by atoms with van der Waals surface area (Å²) in [6.07, 6.45) is 1.99. The Labute approximate surface area is 95.7 Å². The molecular formula is C15H16O. The molecule has 0 aliphatic heterocycles. The minimum Gasteiger partial charge on any atom is -0.392 e. The standard InChI is InChI=1S/C15H16O/c1-11(16)15(8-9-15)14-7-6-12-4-2-3-5-13(12)10-14/h2-7,10-11,16H,8-9H2,1H3. The van der Waals surface area contributed by atoms with E-state index in [-0.39, 0.29) is 11.5 Å². The molecule has 0 heterocycles. The lowest BCUT2D eigenvalue weighted by Crippen LogP contribution is -2.22. The molecule has 2 aromatic rings. The van der Waals surface area contributed by atoms with Crippen molar-refractivity contribution in [2.75, 3.05) is 0 Å². The second-order valence-corrected chi connectivity index (χ2v) is 4.89. The van der Waals surface area contributed by atoms with E-state index in [9.17, 15) is 5.11 Å². The van der Waals surface area contributed by atoms with E-state index in [1.54, 1.807) is 0 Å². The highest BCUT2D eigenvalue weighted by molar-refractivity contribution is 5.83. The van der Waals surface area contributed by atoms with Crippen LogP contribution in [0, 0.1) is 0 Å². The van der Waals surface area contributed by atoms with Gasteiger partial charge in [0.15, 0.2) is 0 Å². The molecule has 1 aliphatic rings. The molecule has 0 spiro atoms. The van der Waals surface area contributed by atoms with Crippen LogP contribution in [0.3, 0.4) is 0 Å². The van der Waals surface area contributed by atoms with Crippen molar-refractivity contribution in [1.29, 1.82) is 0 Å². The lowest BCUT2D eigenvalue weighted by Gasteiger charge is -2.19. The van der Waals surface area contributed by atoms with Crippen LogP contribution in [0.15, 0.2) is 42.5 Å². The minimum atomic E-state index is -0.242. The minimum absolute atomic E-state index is 0.0457. The first kappa shape index (κ1) is 9.86. The molecule has 1 fully saturated rings. The molecule has 82 valence electrons. The summed E-state index contributed by atoms with van der Waals surface area (Å²) < 4.78 is 0. The van der Waals surface area contributed by atoms with E-state index in [4.69, 9.17) is 0 Å². The van der Waals surface area contributed by atoms with E-state index in [0.717, 1.165) is 12.8 Å². The van der Waals surface area contributed by atoms with Crippen molar-refractivity contribution in [2.45, 2.75) is 31.3 Å². The molecular weight excluding hydrogens is 196 g/mol. The monoisotopic (exact) mass is 212 g/mol. The predicted octanol–water partition coefficient (Wildman–Crippen LogP) is 3.25. The number of benzene rings is 2. The molecule has 0 aromatic heterocycles. The Morgan fingerprint density at radius 2 is 1.75 bits per heavy atom. The second kappa shape index (κ2) is 3.33. The molecule has 0 amide bonds. The normalized spacial score (nSPS) is 19.6. The molecule has 1 heteroatoms. The molecule has 1 atom stereocenters. The van der Waals surface area contributed by atoms with Crippen molar-refractivity contribution in [2.24, 2.45) is 0 Å². The molecule has 1 aliphatic carbocycles. The van der Waals surface area contributed by atoms with Crippen LogP contribution < -0.4 is 0 Å². The van der Waals surface area contributed by atoms with Crippen LogP contribution in [0.25, 0.3) is 10.8 Å². The molecule has 0 bridgehead atoms. The van der Waals surface area contributed by atoms with Gasteiger partial charge in [-0.25, -0.2) is 0 Å². The Balaban J connectivity index is 2.12. The fourth-order valence-electron chi connectivity index (χ4n) is 2.58. The maximum Gasteiger partial charge on any atom is 0.0608 e. The Morgan fingerprint density at radius 1 is 1.06 bits per heavy atom.